The molecule has 2 nitrogen and oxygen atoms in total. The number of fused-ring (bicyclic) bond motifs is 1. The molecule has 2 saturated heterocycles. The van der Waals surface area contributed by atoms with Crippen molar-refractivity contribution in [3.8, 4) is 0 Å². The highest BCUT2D eigenvalue weighted by Crippen LogP contribution is 2.22. The molecular formula is C17H28N2Si. The molecule has 20 heavy (non-hydrogen) atoms. The van der Waals surface area contributed by atoms with Crippen molar-refractivity contribution in [3.05, 3.63) is 29.8 Å². The van der Waals surface area contributed by atoms with Crippen LogP contribution in [-0.2, 0) is 6.54 Å². The number of nitrogens with zero attached hydrogens (tertiary/aromatic N) is 2. The van der Waals surface area contributed by atoms with Crippen LogP contribution < -0.4 is 5.19 Å². The highest BCUT2D eigenvalue weighted by Gasteiger charge is 2.30. The predicted octanol–water partition coefficient (Wildman–Crippen LogP) is 2.51. The second-order valence-electron chi connectivity index (χ2n) is 7.51. The van der Waals surface area contributed by atoms with Crippen LogP contribution in [0.1, 0.15) is 18.4 Å². The summed E-state index contributed by atoms with van der Waals surface area (Å²) < 4.78 is 0. The molecule has 0 spiro atoms. The molecule has 2 heterocycles. The monoisotopic (exact) mass is 288 g/mol. The minimum atomic E-state index is -1.15. The molecule has 0 aliphatic carbocycles. The van der Waals surface area contributed by atoms with Crippen LogP contribution in [0, 0.1) is 0 Å². The Bertz CT molecular complexity index is 449. The molecule has 0 radical (unpaired) electrons. The summed E-state index contributed by atoms with van der Waals surface area (Å²) in [5.41, 5.74) is 1.48. The van der Waals surface area contributed by atoms with E-state index >= 15 is 0 Å². The first kappa shape index (κ1) is 14.3. The first-order chi connectivity index (χ1) is 9.52. The normalized spacial score (nSPS) is 24.9. The Labute approximate surface area is 124 Å². The molecular weight excluding hydrogens is 260 g/mol. The van der Waals surface area contributed by atoms with Crippen molar-refractivity contribution >= 4 is 13.3 Å². The Morgan fingerprint density at radius 2 is 1.80 bits per heavy atom. The highest BCUT2D eigenvalue weighted by atomic mass is 28.3. The number of rotatable bonds is 3. The molecule has 1 aromatic carbocycles. The minimum absolute atomic E-state index is 0.838. The third-order valence-electron chi connectivity index (χ3n) is 4.90. The molecule has 110 valence electrons. The van der Waals surface area contributed by atoms with Gasteiger partial charge in [0.05, 0.1) is 8.07 Å². The van der Waals surface area contributed by atoms with Crippen LogP contribution in [0.3, 0.4) is 0 Å². The van der Waals surface area contributed by atoms with Gasteiger partial charge in [0, 0.05) is 32.2 Å². The van der Waals surface area contributed by atoms with Crippen LogP contribution in [-0.4, -0.2) is 50.1 Å². The molecule has 2 fully saturated rings. The van der Waals surface area contributed by atoms with Crippen molar-refractivity contribution in [2.24, 2.45) is 0 Å². The lowest BCUT2D eigenvalue weighted by atomic mass is 10.1. The van der Waals surface area contributed by atoms with E-state index in [0.29, 0.717) is 0 Å². The second kappa shape index (κ2) is 5.62. The maximum absolute atomic E-state index is 2.69. The average molecular weight is 289 g/mol. The van der Waals surface area contributed by atoms with Crippen molar-refractivity contribution in [1.82, 2.24) is 9.80 Å². The zero-order valence-corrected chi connectivity index (χ0v) is 14.2. The minimum Gasteiger partial charge on any atom is -0.298 e. The smallest absolute Gasteiger partial charge is 0.0775 e. The molecule has 1 aromatic rings. The zero-order valence-electron chi connectivity index (χ0n) is 13.2. The van der Waals surface area contributed by atoms with Crippen molar-refractivity contribution in [2.45, 2.75) is 45.1 Å². The Balaban J connectivity index is 1.60. The van der Waals surface area contributed by atoms with Gasteiger partial charge in [0.2, 0.25) is 0 Å². The van der Waals surface area contributed by atoms with E-state index in [2.05, 4.69) is 53.7 Å². The van der Waals surface area contributed by atoms with Gasteiger partial charge < -0.3 is 0 Å². The van der Waals surface area contributed by atoms with Gasteiger partial charge in [-0.2, -0.15) is 0 Å². The summed E-state index contributed by atoms with van der Waals surface area (Å²) in [6.07, 6.45) is 2.81. The largest absolute Gasteiger partial charge is 0.298 e. The third-order valence-corrected chi connectivity index (χ3v) is 6.96. The predicted molar refractivity (Wildman–Crippen MR) is 89.3 cm³/mol. The maximum atomic E-state index is 2.69. The van der Waals surface area contributed by atoms with Crippen LogP contribution in [0.5, 0.6) is 0 Å². The zero-order chi connectivity index (χ0) is 14.2. The highest BCUT2D eigenvalue weighted by molar-refractivity contribution is 6.88. The lowest BCUT2D eigenvalue weighted by molar-refractivity contribution is 0.0994. The molecule has 2 aliphatic rings. The first-order valence-corrected chi connectivity index (χ1v) is 11.6. The van der Waals surface area contributed by atoms with Gasteiger partial charge >= 0.3 is 0 Å². The lowest BCUT2D eigenvalue weighted by Crippen LogP contribution is -2.49. The Morgan fingerprint density at radius 3 is 2.50 bits per heavy atom. The summed E-state index contributed by atoms with van der Waals surface area (Å²) in [6.45, 7) is 13.5. The fourth-order valence-corrected chi connectivity index (χ4v) is 4.73. The Kier molecular flexibility index (Phi) is 4.02. The van der Waals surface area contributed by atoms with Gasteiger partial charge in [-0.15, -0.1) is 0 Å². The number of piperazine rings is 1. The molecule has 1 unspecified atom stereocenters. The van der Waals surface area contributed by atoms with E-state index in [9.17, 15) is 0 Å². The van der Waals surface area contributed by atoms with Crippen molar-refractivity contribution in [2.75, 3.05) is 26.2 Å². The standard InChI is InChI=1S/C17H28N2Si/c1-20(2,3)17-8-6-15(7-9-17)13-18-11-12-19-10-4-5-16(19)14-18/h6-9,16H,4-5,10-14H2,1-3H3. The summed E-state index contributed by atoms with van der Waals surface area (Å²) in [4.78, 5) is 5.33. The molecule has 2 aliphatic heterocycles. The first-order valence-electron chi connectivity index (χ1n) is 8.08. The van der Waals surface area contributed by atoms with Gasteiger partial charge in [-0.1, -0.05) is 49.1 Å². The van der Waals surface area contributed by atoms with E-state index in [0.717, 1.165) is 12.6 Å². The summed E-state index contributed by atoms with van der Waals surface area (Å²) in [5.74, 6) is 0. The summed E-state index contributed by atoms with van der Waals surface area (Å²) >= 11 is 0. The fourth-order valence-electron chi connectivity index (χ4n) is 3.57. The van der Waals surface area contributed by atoms with Crippen LogP contribution in [0.4, 0.5) is 0 Å². The van der Waals surface area contributed by atoms with Crippen LogP contribution in [0.2, 0.25) is 19.6 Å². The topological polar surface area (TPSA) is 6.48 Å². The number of hydrogen-bond donors (Lipinski definition) is 0. The van der Waals surface area contributed by atoms with E-state index in [-0.39, 0.29) is 0 Å². The van der Waals surface area contributed by atoms with Gasteiger partial charge in [-0.3, -0.25) is 9.80 Å². The number of hydrogen-bond acceptors (Lipinski definition) is 2. The summed E-state index contributed by atoms with van der Waals surface area (Å²) in [5, 5.41) is 1.57. The Hall–Kier alpha value is -0.643. The molecule has 1 atom stereocenters. The third kappa shape index (κ3) is 3.16. The molecule has 3 rings (SSSR count). The Morgan fingerprint density at radius 1 is 1.05 bits per heavy atom. The average Bonchev–Trinajstić information content (AvgIpc) is 2.86. The van der Waals surface area contributed by atoms with Crippen LogP contribution in [0.15, 0.2) is 24.3 Å². The van der Waals surface area contributed by atoms with Gasteiger partial charge in [0.25, 0.3) is 0 Å². The van der Waals surface area contributed by atoms with Crippen LogP contribution >= 0.6 is 0 Å². The quantitative estimate of drug-likeness (QED) is 0.789. The maximum Gasteiger partial charge on any atom is 0.0775 e. The van der Waals surface area contributed by atoms with Crippen molar-refractivity contribution in [3.63, 3.8) is 0 Å². The molecule has 0 aromatic heterocycles. The van der Waals surface area contributed by atoms with Crippen molar-refractivity contribution in [1.29, 1.82) is 0 Å². The SMILES string of the molecule is C[Si](C)(C)c1ccc(CN2CCN3CCCC3C2)cc1. The van der Waals surface area contributed by atoms with E-state index < -0.39 is 8.07 Å². The molecule has 3 heteroatoms. The van der Waals surface area contributed by atoms with E-state index in [4.69, 9.17) is 0 Å². The van der Waals surface area contributed by atoms with Crippen LogP contribution in [0.25, 0.3) is 0 Å². The number of benzene rings is 1. The summed E-state index contributed by atoms with van der Waals surface area (Å²) in [7, 11) is -1.15. The van der Waals surface area contributed by atoms with Gasteiger partial charge in [0.1, 0.15) is 0 Å². The fraction of sp³-hybridized carbons (Fsp3) is 0.647. The van der Waals surface area contributed by atoms with Crippen molar-refractivity contribution < 1.29 is 0 Å². The van der Waals surface area contributed by atoms with Gasteiger partial charge in [-0.05, 0) is 24.9 Å². The lowest BCUT2D eigenvalue weighted by Gasteiger charge is -2.37. The van der Waals surface area contributed by atoms with E-state index in [1.165, 1.54) is 44.6 Å². The van der Waals surface area contributed by atoms with Gasteiger partial charge in [0.15, 0.2) is 0 Å². The second-order valence-corrected chi connectivity index (χ2v) is 12.6. The molecule has 0 saturated carbocycles. The summed E-state index contributed by atoms with van der Waals surface area (Å²) in [6, 6.07) is 10.3. The van der Waals surface area contributed by atoms with Gasteiger partial charge in [-0.25, -0.2) is 0 Å². The molecule has 0 bridgehead atoms. The molecule has 0 N–H and O–H groups in total. The van der Waals surface area contributed by atoms with E-state index in [1.807, 2.05) is 0 Å². The van der Waals surface area contributed by atoms with E-state index in [1.54, 1.807) is 5.19 Å². The molecule has 0 amide bonds.